The van der Waals surface area contributed by atoms with E-state index >= 15 is 0 Å². The molecule has 0 N–H and O–H groups in total. The van der Waals surface area contributed by atoms with E-state index in [4.69, 9.17) is 16.3 Å². The number of ether oxygens (including phenoxy) is 1. The quantitative estimate of drug-likeness (QED) is 0.190. The van der Waals surface area contributed by atoms with Crippen LogP contribution in [0, 0.1) is 5.41 Å². The third-order valence-corrected chi connectivity index (χ3v) is 9.47. The van der Waals surface area contributed by atoms with Crippen LogP contribution in [0.15, 0.2) is 90.3 Å². The van der Waals surface area contributed by atoms with Crippen molar-refractivity contribution in [1.29, 1.82) is 0 Å². The fraction of sp³-hybridized carbons (Fsp3) is 0.182. The maximum Gasteiger partial charge on any atom is 0.195 e. The zero-order valence-electron chi connectivity index (χ0n) is 21.5. The molecule has 3 heterocycles. The molecule has 0 unspecified atom stereocenters. The minimum Gasteiger partial charge on any atom is -0.494 e. The van der Waals surface area contributed by atoms with Gasteiger partial charge in [0.15, 0.2) is 17.3 Å². The highest BCUT2D eigenvalue weighted by Gasteiger charge is 2.72. The van der Waals surface area contributed by atoms with E-state index in [2.05, 4.69) is 0 Å². The van der Waals surface area contributed by atoms with E-state index in [9.17, 15) is 14.4 Å². The number of nitrogens with zero attached hydrogens (tertiary/aromatic N) is 1. The van der Waals surface area contributed by atoms with Crippen LogP contribution in [-0.2, 0) is 0 Å². The highest BCUT2D eigenvalue weighted by Crippen LogP contribution is 2.62. The third-order valence-electron chi connectivity index (χ3n) is 8.35. The average Bonchev–Trinajstić information content (AvgIpc) is 3.67. The van der Waals surface area contributed by atoms with Gasteiger partial charge in [0.2, 0.25) is 0 Å². The molecule has 4 aromatic rings. The highest BCUT2D eigenvalue weighted by molar-refractivity contribution is 7.12. The highest BCUT2D eigenvalue weighted by atomic mass is 35.5. The molecule has 7 heteroatoms. The van der Waals surface area contributed by atoms with Gasteiger partial charge in [-0.15, -0.1) is 11.3 Å². The maximum absolute atomic E-state index is 14.7. The molecule has 5 nitrogen and oxygen atoms in total. The monoisotopic (exact) mass is 565 g/mol. The number of thiophene rings is 1. The molecule has 2 aliphatic heterocycles. The van der Waals surface area contributed by atoms with E-state index in [-0.39, 0.29) is 17.3 Å². The van der Waals surface area contributed by atoms with Crippen LogP contribution in [0.4, 0.5) is 5.69 Å². The molecule has 1 saturated heterocycles. The minimum absolute atomic E-state index is 0.138. The third kappa shape index (κ3) is 3.30. The number of carbonyl (C=O) groups is 3. The molecule has 40 heavy (non-hydrogen) atoms. The van der Waals surface area contributed by atoms with Crippen LogP contribution in [0.25, 0.3) is 6.08 Å². The summed E-state index contributed by atoms with van der Waals surface area (Å²) >= 11 is 7.72. The van der Waals surface area contributed by atoms with Crippen LogP contribution in [0.3, 0.4) is 0 Å². The van der Waals surface area contributed by atoms with Gasteiger partial charge in [0, 0.05) is 33.3 Å². The molecule has 0 bridgehead atoms. The van der Waals surface area contributed by atoms with Crippen molar-refractivity contribution in [1.82, 2.24) is 0 Å². The largest absolute Gasteiger partial charge is 0.494 e. The zero-order valence-corrected chi connectivity index (χ0v) is 23.1. The van der Waals surface area contributed by atoms with Gasteiger partial charge in [-0.25, -0.2) is 0 Å². The Hall–Kier alpha value is -4.00. The number of fused-ring (bicyclic) bond motifs is 5. The van der Waals surface area contributed by atoms with Crippen molar-refractivity contribution >= 4 is 52.1 Å². The number of ketones is 3. The number of halogens is 1. The molecule has 0 saturated carbocycles. The summed E-state index contributed by atoms with van der Waals surface area (Å²) in [5.41, 5.74) is 1.49. The smallest absolute Gasteiger partial charge is 0.195 e. The molecule has 3 atom stereocenters. The summed E-state index contributed by atoms with van der Waals surface area (Å²) < 4.78 is 6.07. The van der Waals surface area contributed by atoms with Crippen molar-refractivity contribution in [2.24, 2.45) is 5.41 Å². The first kappa shape index (κ1) is 25.0. The second-order valence-corrected chi connectivity index (χ2v) is 11.6. The topological polar surface area (TPSA) is 63.7 Å². The molecule has 198 valence electrons. The van der Waals surface area contributed by atoms with E-state index in [0.29, 0.717) is 38.9 Å². The SMILES string of the molecule is CCOc1ccccc1[C@H]1[C@H](C(=O)c2cccs2)N2c3ccc(Cl)cc3C=C[C@@H]2C12C(=O)c1ccccc1C2=O. The van der Waals surface area contributed by atoms with E-state index in [1.54, 1.807) is 36.4 Å². The lowest BCUT2D eigenvalue weighted by atomic mass is 9.64. The Bertz CT molecular complexity index is 1690. The van der Waals surface area contributed by atoms with Crippen molar-refractivity contribution in [3.63, 3.8) is 0 Å². The molecule has 3 aromatic carbocycles. The Kier molecular flexibility index (Phi) is 5.81. The molecule has 7 rings (SSSR count). The molecule has 0 amide bonds. The predicted molar refractivity (Wildman–Crippen MR) is 157 cm³/mol. The number of carbonyl (C=O) groups excluding carboxylic acids is 3. The molecule has 3 aliphatic rings. The minimum atomic E-state index is -1.57. The normalized spacial score (nSPS) is 21.9. The lowest BCUT2D eigenvalue weighted by Crippen LogP contribution is -2.48. The Labute approximate surface area is 240 Å². The lowest BCUT2D eigenvalue weighted by molar-refractivity contribution is 0.0664. The summed E-state index contributed by atoms with van der Waals surface area (Å²) in [6.45, 7) is 2.29. The van der Waals surface area contributed by atoms with Crippen molar-refractivity contribution < 1.29 is 19.1 Å². The number of rotatable bonds is 5. The first-order valence-corrected chi connectivity index (χ1v) is 14.5. The van der Waals surface area contributed by atoms with Crippen LogP contribution in [-0.4, -0.2) is 36.0 Å². The molecule has 1 fully saturated rings. The molecule has 1 spiro atoms. The van der Waals surface area contributed by atoms with E-state index in [0.717, 1.165) is 11.3 Å². The van der Waals surface area contributed by atoms with Crippen molar-refractivity contribution in [3.8, 4) is 5.75 Å². The predicted octanol–water partition coefficient (Wildman–Crippen LogP) is 7.12. The lowest BCUT2D eigenvalue weighted by Gasteiger charge is -2.37. The first-order valence-electron chi connectivity index (χ1n) is 13.2. The van der Waals surface area contributed by atoms with Crippen LogP contribution >= 0.6 is 22.9 Å². The molecule has 0 radical (unpaired) electrons. The Morgan fingerprint density at radius 1 is 0.975 bits per heavy atom. The number of hydrogen-bond acceptors (Lipinski definition) is 6. The van der Waals surface area contributed by atoms with Gasteiger partial charge >= 0.3 is 0 Å². The van der Waals surface area contributed by atoms with Crippen molar-refractivity contribution in [2.75, 3.05) is 11.5 Å². The zero-order chi connectivity index (χ0) is 27.6. The van der Waals surface area contributed by atoms with Crippen LogP contribution < -0.4 is 9.64 Å². The molecule has 1 aromatic heterocycles. The van der Waals surface area contributed by atoms with Gasteiger partial charge < -0.3 is 9.64 Å². The standard InChI is InChI=1S/C33H24ClNO4S/c1-2-39-25-11-6-5-10-23(25)28-29(30(36)26-12-7-17-40-26)35-24-15-14-20(34)18-19(24)13-16-27(35)33(28)31(37)21-8-3-4-9-22(21)32(33)38/h3-18,27-29H,2H2,1H3/t27-,28+,29-/m1/s1. The van der Waals surface area contributed by atoms with E-state index < -0.39 is 23.4 Å². The Balaban J connectivity index is 1.57. The fourth-order valence-corrected chi connectivity index (χ4v) is 7.76. The van der Waals surface area contributed by atoms with Gasteiger partial charge in [0.05, 0.1) is 17.5 Å². The van der Waals surface area contributed by atoms with Gasteiger partial charge in [-0.05, 0) is 48.2 Å². The average molecular weight is 566 g/mol. The fourth-order valence-electron chi connectivity index (χ4n) is 6.88. The number of benzene rings is 3. The summed E-state index contributed by atoms with van der Waals surface area (Å²) in [6.07, 6.45) is 3.81. The van der Waals surface area contributed by atoms with Crippen molar-refractivity contribution in [2.45, 2.75) is 24.9 Å². The van der Waals surface area contributed by atoms with Gasteiger partial charge in [0.25, 0.3) is 0 Å². The second kappa shape index (κ2) is 9.29. The summed E-state index contributed by atoms with van der Waals surface area (Å²) in [5.74, 6) is -0.907. The second-order valence-electron chi connectivity index (χ2n) is 10.2. The Morgan fingerprint density at radius 3 is 2.40 bits per heavy atom. The van der Waals surface area contributed by atoms with Crippen LogP contribution in [0.5, 0.6) is 5.75 Å². The number of para-hydroxylation sites is 1. The van der Waals surface area contributed by atoms with E-state index in [1.165, 1.54) is 11.3 Å². The van der Waals surface area contributed by atoms with Gasteiger partial charge in [0.1, 0.15) is 17.2 Å². The first-order chi connectivity index (χ1) is 19.5. The van der Waals surface area contributed by atoms with Crippen molar-refractivity contribution in [3.05, 3.63) is 122 Å². The summed E-state index contributed by atoms with van der Waals surface area (Å²) in [4.78, 5) is 46.5. The maximum atomic E-state index is 14.7. The summed E-state index contributed by atoms with van der Waals surface area (Å²) in [5, 5.41) is 2.43. The van der Waals surface area contributed by atoms with Crippen LogP contribution in [0.1, 0.15) is 54.4 Å². The van der Waals surface area contributed by atoms with Gasteiger partial charge in [-0.1, -0.05) is 72.3 Å². The summed E-state index contributed by atoms with van der Waals surface area (Å²) in [7, 11) is 0. The molecular weight excluding hydrogens is 542 g/mol. The van der Waals surface area contributed by atoms with Gasteiger partial charge in [-0.3, -0.25) is 14.4 Å². The van der Waals surface area contributed by atoms with Gasteiger partial charge in [-0.2, -0.15) is 0 Å². The number of anilines is 1. The van der Waals surface area contributed by atoms with Crippen LogP contribution in [0.2, 0.25) is 5.02 Å². The summed E-state index contributed by atoms with van der Waals surface area (Å²) in [6, 6.07) is 22.1. The molecule has 1 aliphatic carbocycles. The number of hydrogen-bond donors (Lipinski definition) is 0. The number of Topliss-reactive ketones (excluding diaryl/α,β-unsaturated/α-hetero) is 3. The molecular formula is C33H24ClNO4S. The Morgan fingerprint density at radius 2 is 1.70 bits per heavy atom. The van der Waals surface area contributed by atoms with E-state index in [1.807, 2.05) is 71.8 Å².